The third kappa shape index (κ3) is 2.90. The van der Waals surface area contributed by atoms with E-state index in [0.29, 0.717) is 25.9 Å². The molecule has 2 N–H and O–H groups in total. The van der Waals surface area contributed by atoms with Gasteiger partial charge in [-0.15, -0.1) is 0 Å². The smallest absolute Gasteiger partial charge is 0.268 e. The van der Waals surface area contributed by atoms with Crippen LogP contribution in [0.25, 0.3) is 0 Å². The number of hydrogen-bond donors (Lipinski definition) is 2. The van der Waals surface area contributed by atoms with Gasteiger partial charge in [-0.2, -0.15) is 0 Å². The van der Waals surface area contributed by atoms with Gasteiger partial charge in [0.05, 0.1) is 5.92 Å². The quantitative estimate of drug-likeness (QED) is 0.893. The number of carbonyl (C=O) groups excluding carboxylic acids is 2. The number of rotatable bonds is 3. The Balaban J connectivity index is 1.36. The van der Waals surface area contributed by atoms with Gasteiger partial charge in [0.1, 0.15) is 17.3 Å². The van der Waals surface area contributed by atoms with E-state index in [2.05, 4.69) is 10.3 Å². The summed E-state index contributed by atoms with van der Waals surface area (Å²) in [6, 6.07) is 5.51. The first-order chi connectivity index (χ1) is 12.0. The fourth-order valence-electron chi connectivity index (χ4n) is 3.56. The fourth-order valence-corrected chi connectivity index (χ4v) is 3.56. The van der Waals surface area contributed by atoms with Gasteiger partial charge in [-0.05, 0) is 36.1 Å². The van der Waals surface area contributed by atoms with Crippen LogP contribution < -0.4 is 5.32 Å². The molecule has 2 amide bonds. The van der Waals surface area contributed by atoms with Gasteiger partial charge in [-0.1, -0.05) is 6.07 Å². The van der Waals surface area contributed by atoms with Gasteiger partial charge in [-0.25, -0.2) is 8.78 Å². The van der Waals surface area contributed by atoms with Gasteiger partial charge in [0.2, 0.25) is 5.91 Å². The zero-order valence-corrected chi connectivity index (χ0v) is 13.4. The lowest BCUT2D eigenvalue weighted by Crippen LogP contribution is -2.41. The monoisotopic (exact) mass is 345 g/mol. The highest BCUT2D eigenvalue weighted by atomic mass is 19.1. The van der Waals surface area contributed by atoms with E-state index in [1.54, 1.807) is 11.0 Å². The first kappa shape index (κ1) is 15.8. The van der Waals surface area contributed by atoms with E-state index in [1.165, 1.54) is 12.1 Å². The minimum Gasteiger partial charge on any atom is -0.355 e. The molecule has 2 atom stereocenters. The Kier molecular flexibility index (Phi) is 3.78. The zero-order chi connectivity index (χ0) is 17.6. The molecule has 7 heteroatoms. The molecule has 4 rings (SSSR count). The molecule has 2 aliphatic rings. The summed E-state index contributed by atoms with van der Waals surface area (Å²) >= 11 is 0. The Morgan fingerprint density at radius 3 is 2.80 bits per heavy atom. The van der Waals surface area contributed by atoms with Gasteiger partial charge in [-0.3, -0.25) is 9.59 Å². The maximum atomic E-state index is 13.4. The normalized spacial score (nSPS) is 21.6. The number of likely N-dealkylation sites (tertiary alicyclic amines) is 1. The molecule has 130 valence electrons. The number of fused-ring (bicyclic) bond motifs is 1. The summed E-state index contributed by atoms with van der Waals surface area (Å²) in [7, 11) is 0. The van der Waals surface area contributed by atoms with Crippen LogP contribution in [-0.2, 0) is 11.2 Å². The number of nitrogens with one attached hydrogen (secondary N) is 2. The molecule has 0 bridgehead atoms. The molecule has 1 saturated heterocycles. The van der Waals surface area contributed by atoms with Crippen molar-refractivity contribution in [2.24, 2.45) is 0 Å². The average molecular weight is 345 g/mol. The third-order valence-electron chi connectivity index (χ3n) is 4.93. The predicted molar refractivity (Wildman–Crippen MR) is 86.0 cm³/mol. The summed E-state index contributed by atoms with van der Waals surface area (Å²) in [6.45, 7) is 0.957. The molecule has 1 fully saturated rings. The van der Waals surface area contributed by atoms with Crippen molar-refractivity contribution in [2.75, 3.05) is 13.1 Å². The molecule has 1 unspecified atom stereocenters. The van der Waals surface area contributed by atoms with Crippen molar-refractivity contribution in [1.29, 1.82) is 0 Å². The second kappa shape index (κ2) is 5.98. The first-order valence-electron chi connectivity index (χ1n) is 8.23. The van der Waals surface area contributed by atoms with Crippen LogP contribution in [0.4, 0.5) is 8.78 Å². The van der Waals surface area contributed by atoms with Crippen molar-refractivity contribution >= 4 is 11.8 Å². The van der Waals surface area contributed by atoms with Crippen molar-refractivity contribution in [1.82, 2.24) is 15.2 Å². The van der Waals surface area contributed by atoms with E-state index in [-0.39, 0.29) is 35.3 Å². The Morgan fingerprint density at radius 2 is 2.04 bits per heavy atom. The SMILES string of the molecule is O=C(N[C@@H]1CCN(C(=O)C2Cc3ccc(F)cc32)C1)c1cc(F)c[nH]1. The van der Waals surface area contributed by atoms with Gasteiger partial charge in [0.15, 0.2) is 0 Å². The maximum absolute atomic E-state index is 13.4. The second-order valence-corrected chi connectivity index (χ2v) is 6.57. The van der Waals surface area contributed by atoms with Crippen molar-refractivity contribution in [2.45, 2.75) is 24.8 Å². The number of benzene rings is 1. The van der Waals surface area contributed by atoms with E-state index in [0.717, 1.165) is 23.4 Å². The number of aromatic amines is 1. The number of amides is 2. The van der Waals surface area contributed by atoms with E-state index in [1.807, 2.05) is 0 Å². The highest BCUT2D eigenvalue weighted by Gasteiger charge is 2.38. The van der Waals surface area contributed by atoms with Crippen LogP contribution in [0.3, 0.4) is 0 Å². The van der Waals surface area contributed by atoms with Crippen LogP contribution in [0.2, 0.25) is 0 Å². The van der Waals surface area contributed by atoms with E-state index >= 15 is 0 Å². The van der Waals surface area contributed by atoms with Crippen molar-refractivity contribution in [3.8, 4) is 0 Å². The predicted octanol–water partition coefficient (Wildman–Crippen LogP) is 1.96. The Morgan fingerprint density at radius 1 is 1.20 bits per heavy atom. The number of aromatic nitrogens is 1. The van der Waals surface area contributed by atoms with Crippen molar-refractivity contribution in [3.05, 3.63) is 58.9 Å². The summed E-state index contributed by atoms with van der Waals surface area (Å²) in [6.07, 6.45) is 2.39. The number of carbonyl (C=O) groups is 2. The molecule has 1 aliphatic carbocycles. The Labute approximate surface area is 143 Å². The molecule has 1 aliphatic heterocycles. The largest absolute Gasteiger partial charge is 0.355 e. The number of hydrogen-bond acceptors (Lipinski definition) is 2. The molecule has 2 heterocycles. The van der Waals surface area contributed by atoms with E-state index in [4.69, 9.17) is 0 Å². The molecule has 5 nitrogen and oxygen atoms in total. The van der Waals surface area contributed by atoms with Gasteiger partial charge in [0, 0.05) is 31.4 Å². The average Bonchev–Trinajstić information content (AvgIpc) is 3.19. The van der Waals surface area contributed by atoms with Crippen LogP contribution in [-0.4, -0.2) is 40.8 Å². The summed E-state index contributed by atoms with van der Waals surface area (Å²) in [5.41, 5.74) is 1.93. The maximum Gasteiger partial charge on any atom is 0.268 e. The summed E-state index contributed by atoms with van der Waals surface area (Å²) in [5.74, 6) is -1.54. The van der Waals surface area contributed by atoms with Crippen molar-refractivity contribution in [3.63, 3.8) is 0 Å². The topological polar surface area (TPSA) is 65.2 Å². The zero-order valence-electron chi connectivity index (χ0n) is 13.4. The lowest BCUT2D eigenvalue weighted by Gasteiger charge is -2.32. The lowest BCUT2D eigenvalue weighted by molar-refractivity contribution is -0.132. The molecular formula is C18H17F2N3O2. The van der Waals surface area contributed by atoms with Crippen LogP contribution in [0.15, 0.2) is 30.5 Å². The Bertz CT molecular complexity index is 849. The van der Waals surface area contributed by atoms with Crippen LogP contribution in [0.5, 0.6) is 0 Å². The number of halogens is 2. The molecule has 25 heavy (non-hydrogen) atoms. The van der Waals surface area contributed by atoms with Gasteiger partial charge in [0.25, 0.3) is 5.91 Å². The molecule has 0 saturated carbocycles. The summed E-state index contributed by atoms with van der Waals surface area (Å²) in [5, 5.41) is 2.81. The minimum atomic E-state index is -0.496. The van der Waals surface area contributed by atoms with Crippen LogP contribution >= 0.6 is 0 Å². The summed E-state index contributed by atoms with van der Waals surface area (Å²) in [4.78, 5) is 28.9. The fraction of sp³-hybridized carbons (Fsp3) is 0.333. The Hall–Kier alpha value is -2.70. The first-order valence-corrected chi connectivity index (χ1v) is 8.23. The van der Waals surface area contributed by atoms with Gasteiger partial charge < -0.3 is 15.2 Å². The van der Waals surface area contributed by atoms with E-state index in [9.17, 15) is 18.4 Å². The highest BCUT2D eigenvalue weighted by Crippen LogP contribution is 2.37. The minimum absolute atomic E-state index is 0.0271. The molecule has 2 aromatic rings. The molecule has 0 spiro atoms. The lowest BCUT2D eigenvalue weighted by atomic mass is 9.77. The summed E-state index contributed by atoms with van der Waals surface area (Å²) < 4.78 is 26.3. The van der Waals surface area contributed by atoms with Crippen LogP contribution in [0.1, 0.15) is 34.0 Å². The van der Waals surface area contributed by atoms with Crippen molar-refractivity contribution < 1.29 is 18.4 Å². The number of H-pyrrole nitrogens is 1. The van der Waals surface area contributed by atoms with Gasteiger partial charge >= 0.3 is 0 Å². The molecule has 1 aromatic heterocycles. The third-order valence-corrected chi connectivity index (χ3v) is 4.93. The highest BCUT2D eigenvalue weighted by molar-refractivity contribution is 5.93. The number of nitrogens with zero attached hydrogens (tertiary/aromatic N) is 1. The second-order valence-electron chi connectivity index (χ2n) is 6.57. The molecule has 1 aromatic carbocycles. The van der Waals surface area contributed by atoms with E-state index < -0.39 is 5.82 Å². The molecular weight excluding hydrogens is 328 g/mol. The molecule has 0 radical (unpaired) electrons. The standard InChI is InChI=1S/C18H17F2N3O2/c19-11-2-1-10-5-15(14(10)6-11)18(25)23-4-3-13(9-23)22-17(24)16-7-12(20)8-21-16/h1-2,6-8,13,15,21H,3-5,9H2,(H,22,24)/t13-,15?/m1/s1. The van der Waals surface area contributed by atoms with Crippen LogP contribution in [0, 0.1) is 11.6 Å².